The fraction of sp³-hybridized carbons (Fsp3) is 0.0870. The first-order chi connectivity index (χ1) is 16.7. The van der Waals surface area contributed by atoms with Gasteiger partial charge in [-0.2, -0.15) is 18.3 Å². The summed E-state index contributed by atoms with van der Waals surface area (Å²) in [5, 5.41) is 13.9. The lowest BCUT2D eigenvalue weighted by atomic mass is 10.1. The molecule has 2 aromatic heterocycles. The SMILES string of the molecule is C=C(Nc1cnc(N/N=C\C=N)c(Cl)c1)C(=CN)C(=Nc1ccc(C)c2ncccc12)C(F)(F)F. The minimum absolute atomic E-state index is 0.0868. The van der Waals surface area contributed by atoms with E-state index in [1.807, 2.05) is 6.92 Å². The summed E-state index contributed by atoms with van der Waals surface area (Å²) in [5.74, 6) is 0.188. The van der Waals surface area contributed by atoms with Crippen molar-refractivity contribution < 1.29 is 13.2 Å². The highest BCUT2D eigenvalue weighted by Crippen LogP contribution is 2.33. The summed E-state index contributed by atoms with van der Waals surface area (Å²) in [6, 6.07) is 7.83. The molecule has 2 heterocycles. The fourth-order valence-electron chi connectivity index (χ4n) is 3.08. The van der Waals surface area contributed by atoms with Gasteiger partial charge in [0.25, 0.3) is 0 Å². The van der Waals surface area contributed by atoms with Gasteiger partial charge in [-0.3, -0.25) is 10.4 Å². The molecule has 180 valence electrons. The van der Waals surface area contributed by atoms with Gasteiger partial charge in [-0.15, -0.1) is 0 Å². The topological polar surface area (TPSA) is 124 Å². The molecule has 35 heavy (non-hydrogen) atoms. The molecule has 0 fully saturated rings. The molecule has 0 aliphatic carbocycles. The number of hydrazone groups is 1. The molecule has 0 bridgehead atoms. The number of aryl methyl sites for hydroxylation is 1. The average molecular weight is 501 g/mol. The molecule has 1 aromatic carbocycles. The smallest absolute Gasteiger partial charge is 0.404 e. The first-order valence-electron chi connectivity index (χ1n) is 9.98. The third-order valence-electron chi connectivity index (χ3n) is 4.65. The van der Waals surface area contributed by atoms with Crippen molar-refractivity contribution in [2.75, 3.05) is 10.7 Å². The lowest BCUT2D eigenvalue weighted by molar-refractivity contribution is -0.0580. The summed E-state index contributed by atoms with van der Waals surface area (Å²) < 4.78 is 42.3. The third-order valence-corrected chi connectivity index (χ3v) is 4.94. The molecular formula is C23H20ClF3N8. The number of aliphatic imine (C=N–C) groups is 1. The van der Waals surface area contributed by atoms with Gasteiger partial charge in [0.05, 0.1) is 34.3 Å². The number of nitrogens with one attached hydrogen (secondary N) is 3. The summed E-state index contributed by atoms with van der Waals surface area (Å²) in [7, 11) is 0. The second kappa shape index (κ2) is 10.8. The first-order valence-corrected chi connectivity index (χ1v) is 10.4. The second-order valence-electron chi connectivity index (χ2n) is 7.05. The number of pyridine rings is 2. The van der Waals surface area contributed by atoms with Gasteiger partial charge in [-0.1, -0.05) is 24.2 Å². The number of nitrogens with two attached hydrogens (primary N) is 1. The molecule has 0 radical (unpaired) electrons. The molecule has 3 aromatic rings. The molecule has 0 atom stereocenters. The molecule has 0 unspecified atom stereocenters. The number of fused-ring (bicyclic) bond motifs is 1. The summed E-state index contributed by atoms with van der Waals surface area (Å²) in [6.07, 6.45) is 0.952. The quantitative estimate of drug-likeness (QED) is 0.178. The van der Waals surface area contributed by atoms with E-state index in [-0.39, 0.29) is 27.9 Å². The number of halogens is 4. The largest absolute Gasteiger partial charge is 0.434 e. The Morgan fingerprint density at radius 3 is 2.69 bits per heavy atom. The van der Waals surface area contributed by atoms with Gasteiger partial charge in [0, 0.05) is 35.3 Å². The van der Waals surface area contributed by atoms with Crippen molar-refractivity contribution >= 4 is 57.8 Å². The van der Waals surface area contributed by atoms with Crippen LogP contribution >= 0.6 is 11.6 Å². The van der Waals surface area contributed by atoms with Gasteiger partial charge >= 0.3 is 6.18 Å². The summed E-state index contributed by atoms with van der Waals surface area (Å²) >= 11 is 6.14. The zero-order valence-electron chi connectivity index (χ0n) is 18.4. The van der Waals surface area contributed by atoms with Crippen LogP contribution in [0.15, 0.2) is 76.9 Å². The predicted octanol–water partition coefficient (Wildman–Crippen LogP) is 5.74. The van der Waals surface area contributed by atoms with Gasteiger partial charge in [-0.25, -0.2) is 9.98 Å². The molecule has 0 aliphatic heterocycles. The summed E-state index contributed by atoms with van der Waals surface area (Å²) in [4.78, 5) is 12.2. The van der Waals surface area contributed by atoms with Crippen LogP contribution in [0.2, 0.25) is 5.02 Å². The maximum absolute atomic E-state index is 14.1. The van der Waals surface area contributed by atoms with Crippen LogP contribution in [0.4, 0.5) is 30.4 Å². The normalized spacial score (nSPS) is 12.7. The summed E-state index contributed by atoms with van der Waals surface area (Å²) in [6.45, 7) is 5.51. The van der Waals surface area contributed by atoms with Crippen molar-refractivity contribution in [3.8, 4) is 0 Å². The van der Waals surface area contributed by atoms with Gasteiger partial charge in [0.15, 0.2) is 11.5 Å². The third kappa shape index (κ3) is 6.01. The van der Waals surface area contributed by atoms with E-state index in [4.69, 9.17) is 22.7 Å². The van der Waals surface area contributed by atoms with Gasteiger partial charge in [0.2, 0.25) is 0 Å². The second-order valence-corrected chi connectivity index (χ2v) is 7.46. The van der Waals surface area contributed by atoms with Gasteiger partial charge in [-0.05, 0) is 36.8 Å². The van der Waals surface area contributed by atoms with Gasteiger partial charge in [0.1, 0.15) is 0 Å². The van der Waals surface area contributed by atoms with E-state index in [0.717, 1.165) is 18.0 Å². The van der Waals surface area contributed by atoms with E-state index in [1.165, 1.54) is 24.5 Å². The molecule has 0 saturated carbocycles. The highest BCUT2D eigenvalue weighted by molar-refractivity contribution is 6.33. The number of aromatic nitrogens is 2. The Labute approximate surface area is 203 Å². The van der Waals surface area contributed by atoms with Crippen molar-refractivity contribution in [2.45, 2.75) is 13.1 Å². The number of allylic oxidation sites excluding steroid dienone is 1. The molecule has 0 saturated heterocycles. The monoisotopic (exact) mass is 500 g/mol. The van der Waals surface area contributed by atoms with Crippen LogP contribution in [0.1, 0.15) is 5.56 Å². The minimum atomic E-state index is -4.84. The molecule has 5 N–H and O–H groups in total. The van der Waals surface area contributed by atoms with Crippen molar-refractivity contribution in [3.05, 3.63) is 77.4 Å². The van der Waals surface area contributed by atoms with E-state index < -0.39 is 17.5 Å². The maximum atomic E-state index is 14.1. The number of nitrogens with zero attached hydrogens (tertiary/aromatic N) is 4. The van der Waals surface area contributed by atoms with Crippen LogP contribution in [0, 0.1) is 12.3 Å². The zero-order chi connectivity index (χ0) is 25.6. The minimum Gasteiger partial charge on any atom is -0.404 e. The molecule has 0 aliphatic rings. The van der Waals surface area contributed by atoms with Crippen LogP contribution in [-0.2, 0) is 0 Å². The Bertz CT molecular complexity index is 1360. The lowest BCUT2D eigenvalue weighted by Gasteiger charge is -2.18. The van der Waals surface area contributed by atoms with E-state index in [0.29, 0.717) is 10.9 Å². The van der Waals surface area contributed by atoms with E-state index in [1.54, 1.807) is 24.4 Å². The van der Waals surface area contributed by atoms with Crippen molar-refractivity contribution in [1.29, 1.82) is 5.41 Å². The fourth-order valence-corrected chi connectivity index (χ4v) is 3.29. The van der Waals surface area contributed by atoms with Crippen LogP contribution in [-0.4, -0.2) is 34.3 Å². The zero-order valence-corrected chi connectivity index (χ0v) is 19.1. The molecule has 12 heteroatoms. The number of rotatable bonds is 8. The number of alkyl halides is 3. The van der Waals surface area contributed by atoms with Crippen molar-refractivity contribution in [1.82, 2.24) is 9.97 Å². The molecule has 8 nitrogen and oxygen atoms in total. The first kappa shape index (κ1) is 25.4. The molecule has 0 spiro atoms. The van der Waals surface area contributed by atoms with Crippen LogP contribution in [0.3, 0.4) is 0 Å². The van der Waals surface area contributed by atoms with E-state index >= 15 is 0 Å². The van der Waals surface area contributed by atoms with Gasteiger partial charge < -0.3 is 16.5 Å². The van der Waals surface area contributed by atoms with Crippen LogP contribution in [0.25, 0.3) is 10.9 Å². The number of anilines is 2. The van der Waals surface area contributed by atoms with E-state index in [9.17, 15) is 13.2 Å². The van der Waals surface area contributed by atoms with Crippen molar-refractivity contribution in [3.63, 3.8) is 0 Å². The highest BCUT2D eigenvalue weighted by Gasteiger charge is 2.39. The highest BCUT2D eigenvalue weighted by atomic mass is 35.5. The maximum Gasteiger partial charge on any atom is 0.434 e. The lowest BCUT2D eigenvalue weighted by Crippen LogP contribution is -2.27. The molecule has 0 amide bonds. The standard InChI is InChI=1S/C23H20ClF3N8/c1-13-5-6-19(16-4-3-8-30-20(13)16)34-21(23(25,26)27)17(11-29)14(2)33-15-10-18(24)22(31-12-15)35-32-9-7-28/h3-12,28,33H,2,29H2,1H3,(H,31,35)/b17-11?,28-7?,32-9-,34-21?. The number of benzene rings is 1. The Hall–Kier alpha value is -4.25. The van der Waals surface area contributed by atoms with E-state index in [2.05, 4.69) is 37.4 Å². The Balaban J connectivity index is 1.96. The Kier molecular flexibility index (Phi) is 7.82. The molecular weight excluding hydrogens is 481 g/mol. The predicted molar refractivity (Wildman–Crippen MR) is 135 cm³/mol. The summed E-state index contributed by atoms with van der Waals surface area (Å²) in [5.41, 5.74) is 7.97. The van der Waals surface area contributed by atoms with Crippen molar-refractivity contribution in [2.24, 2.45) is 15.8 Å². The number of hydrogen-bond donors (Lipinski definition) is 4. The Morgan fingerprint density at radius 1 is 1.26 bits per heavy atom. The Morgan fingerprint density at radius 2 is 2.03 bits per heavy atom. The van der Waals surface area contributed by atoms with Crippen LogP contribution in [0.5, 0.6) is 0 Å². The number of hydrogen-bond acceptors (Lipinski definition) is 8. The van der Waals surface area contributed by atoms with Crippen LogP contribution < -0.4 is 16.5 Å². The average Bonchev–Trinajstić information content (AvgIpc) is 2.81. The molecule has 3 rings (SSSR count).